The van der Waals surface area contributed by atoms with Gasteiger partial charge in [0.1, 0.15) is 6.17 Å². The van der Waals surface area contributed by atoms with E-state index < -0.39 is 6.17 Å². The first-order valence-electron chi connectivity index (χ1n) is 7.44. The fourth-order valence-electron chi connectivity index (χ4n) is 3.71. The first kappa shape index (κ1) is 13.8. The van der Waals surface area contributed by atoms with Crippen LogP contribution in [0.15, 0.2) is 0 Å². The van der Waals surface area contributed by atoms with Gasteiger partial charge in [0.2, 0.25) is 6.04 Å². The lowest BCUT2D eigenvalue weighted by Crippen LogP contribution is -2.27. The minimum absolute atomic E-state index is 0.0964. The highest BCUT2D eigenvalue weighted by Crippen LogP contribution is 2.38. The Morgan fingerprint density at radius 3 is 2.06 bits per heavy atom. The van der Waals surface area contributed by atoms with Gasteiger partial charge < -0.3 is 0 Å². The summed E-state index contributed by atoms with van der Waals surface area (Å²) in [6.07, 6.45) is 8.57. The topological polar surface area (TPSA) is 43.1 Å². The molecule has 2 atom stereocenters. The molecule has 2 rings (SSSR count). The molecule has 2 aliphatic rings. The van der Waals surface area contributed by atoms with Crippen LogP contribution < -0.4 is 0 Å². The van der Waals surface area contributed by atoms with Crippen LogP contribution in [0, 0.1) is 22.0 Å². The van der Waals surface area contributed by atoms with Gasteiger partial charge in [0, 0.05) is 17.8 Å². The average molecular weight is 257 g/mol. The number of halogens is 1. The van der Waals surface area contributed by atoms with Crippen LogP contribution in [0.25, 0.3) is 0 Å². The highest BCUT2D eigenvalue weighted by molar-refractivity contribution is 4.80. The summed E-state index contributed by atoms with van der Waals surface area (Å²) in [6.45, 7) is 0. The van der Waals surface area contributed by atoms with E-state index in [-0.39, 0.29) is 11.0 Å². The largest absolute Gasteiger partial charge is 0.264 e. The summed E-state index contributed by atoms with van der Waals surface area (Å²) in [5.74, 6) is 1.24. The molecule has 0 aromatic rings. The average Bonchev–Trinajstić information content (AvgIpc) is 2.30. The molecule has 0 amide bonds. The van der Waals surface area contributed by atoms with Gasteiger partial charge >= 0.3 is 0 Å². The smallest absolute Gasteiger partial charge is 0.213 e. The lowest BCUT2D eigenvalue weighted by atomic mass is 9.74. The molecule has 0 aromatic carbocycles. The van der Waals surface area contributed by atoms with E-state index in [0.29, 0.717) is 24.7 Å². The van der Waals surface area contributed by atoms with Gasteiger partial charge in [0.05, 0.1) is 0 Å². The van der Waals surface area contributed by atoms with Crippen molar-refractivity contribution in [3.8, 4) is 0 Å². The Balaban J connectivity index is 1.86. The van der Waals surface area contributed by atoms with Crippen LogP contribution in [-0.2, 0) is 0 Å². The van der Waals surface area contributed by atoms with Gasteiger partial charge in [-0.05, 0) is 50.4 Å². The fraction of sp³-hybridized carbons (Fsp3) is 1.00. The van der Waals surface area contributed by atoms with Crippen molar-refractivity contribution in [2.24, 2.45) is 11.8 Å². The Morgan fingerprint density at radius 2 is 1.39 bits per heavy atom. The molecule has 0 aliphatic heterocycles. The summed E-state index contributed by atoms with van der Waals surface area (Å²) >= 11 is 0. The minimum Gasteiger partial charge on any atom is -0.264 e. The Bertz CT molecular complexity index is 277. The van der Waals surface area contributed by atoms with Crippen LogP contribution in [0.1, 0.15) is 64.2 Å². The lowest BCUT2D eigenvalue weighted by Gasteiger charge is -2.33. The molecule has 0 aromatic heterocycles. The maximum absolute atomic E-state index is 13.1. The fourth-order valence-corrected chi connectivity index (χ4v) is 3.71. The van der Waals surface area contributed by atoms with Crippen LogP contribution in [-0.4, -0.2) is 17.1 Å². The zero-order valence-electron chi connectivity index (χ0n) is 11.0. The second-order valence-corrected chi connectivity index (χ2v) is 6.07. The van der Waals surface area contributed by atoms with Crippen LogP contribution in [0.2, 0.25) is 0 Å². The Hall–Kier alpha value is -0.670. The van der Waals surface area contributed by atoms with E-state index in [0.717, 1.165) is 44.9 Å². The summed E-state index contributed by atoms with van der Waals surface area (Å²) < 4.78 is 13.1. The van der Waals surface area contributed by atoms with E-state index in [1.54, 1.807) is 0 Å². The number of nitro groups is 1. The third-order valence-corrected chi connectivity index (χ3v) is 4.90. The molecule has 4 heteroatoms. The highest BCUT2D eigenvalue weighted by atomic mass is 19.1. The van der Waals surface area contributed by atoms with Crippen molar-refractivity contribution < 1.29 is 9.31 Å². The van der Waals surface area contributed by atoms with Crippen molar-refractivity contribution in [2.45, 2.75) is 76.4 Å². The van der Waals surface area contributed by atoms with Crippen LogP contribution >= 0.6 is 0 Å². The monoisotopic (exact) mass is 257 g/mol. The molecule has 0 spiro atoms. The van der Waals surface area contributed by atoms with E-state index >= 15 is 0 Å². The molecule has 18 heavy (non-hydrogen) atoms. The summed E-state index contributed by atoms with van der Waals surface area (Å²) in [5.41, 5.74) is 0. The van der Waals surface area contributed by atoms with E-state index in [1.165, 1.54) is 6.42 Å². The molecule has 0 radical (unpaired) electrons. The normalized spacial score (nSPS) is 38.7. The molecule has 0 N–H and O–H groups in total. The molecule has 0 heterocycles. The standard InChI is InChI=1S/C14H24FNO2/c15-13-8-5-12(6-9-13)11-3-1-2-4-14(10-7-11)16(17)18/h11-14H,1-10H2. The maximum Gasteiger partial charge on any atom is 0.213 e. The zero-order valence-corrected chi connectivity index (χ0v) is 11.0. The van der Waals surface area contributed by atoms with E-state index in [1.807, 2.05) is 0 Å². The number of rotatable bonds is 2. The van der Waals surface area contributed by atoms with E-state index in [4.69, 9.17) is 0 Å². The van der Waals surface area contributed by atoms with Gasteiger partial charge in [0.15, 0.2) is 0 Å². The van der Waals surface area contributed by atoms with Gasteiger partial charge in [-0.2, -0.15) is 0 Å². The van der Waals surface area contributed by atoms with Gasteiger partial charge in [-0.3, -0.25) is 10.1 Å². The molecule has 2 fully saturated rings. The molecule has 2 saturated carbocycles. The summed E-state index contributed by atoms with van der Waals surface area (Å²) in [4.78, 5) is 10.8. The second kappa shape index (κ2) is 6.48. The minimum atomic E-state index is -0.596. The predicted molar refractivity (Wildman–Crippen MR) is 68.8 cm³/mol. The number of hydrogen-bond donors (Lipinski definition) is 0. The number of hydrogen-bond acceptors (Lipinski definition) is 2. The van der Waals surface area contributed by atoms with Gasteiger partial charge in [-0.15, -0.1) is 0 Å². The van der Waals surface area contributed by atoms with Crippen molar-refractivity contribution in [1.29, 1.82) is 0 Å². The quantitative estimate of drug-likeness (QED) is 0.551. The predicted octanol–water partition coefficient (Wildman–Crippen LogP) is 4.13. The van der Waals surface area contributed by atoms with E-state index in [2.05, 4.69) is 0 Å². The highest BCUT2D eigenvalue weighted by Gasteiger charge is 2.30. The number of nitrogens with zero attached hydrogens (tertiary/aromatic N) is 1. The Labute approximate surface area is 108 Å². The molecule has 2 unspecified atom stereocenters. The molecule has 104 valence electrons. The third-order valence-electron chi connectivity index (χ3n) is 4.90. The molecule has 0 bridgehead atoms. The van der Waals surface area contributed by atoms with Crippen LogP contribution in [0.5, 0.6) is 0 Å². The summed E-state index contributed by atoms with van der Waals surface area (Å²) in [6, 6.07) is -0.328. The van der Waals surface area contributed by atoms with E-state index in [9.17, 15) is 14.5 Å². The zero-order chi connectivity index (χ0) is 13.0. The van der Waals surface area contributed by atoms with Crippen molar-refractivity contribution in [2.75, 3.05) is 0 Å². The lowest BCUT2D eigenvalue weighted by molar-refractivity contribution is -0.525. The SMILES string of the molecule is O=[N+]([O-])C1CCCCC(C2CCC(F)CC2)CC1. The molecule has 2 aliphatic carbocycles. The van der Waals surface area contributed by atoms with Crippen LogP contribution in [0.3, 0.4) is 0 Å². The van der Waals surface area contributed by atoms with Crippen LogP contribution in [0.4, 0.5) is 4.39 Å². The first-order valence-corrected chi connectivity index (χ1v) is 7.44. The molecular formula is C14H24FNO2. The summed E-state index contributed by atoms with van der Waals surface area (Å²) in [7, 11) is 0. The maximum atomic E-state index is 13.1. The molecule has 0 saturated heterocycles. The van der Waals surface area contributed by atoms with Gasteiger partial charge in [0.25, 0.3) is 0 Å². The Morgan fingerprint density at radius 1 is 0.833 bits per heavy atom. The third kappa shape index (κ3) is 3.66. The van der Waals surface area contributed by atoms with Gasteiger partial charge in [-0.1, -0.05) is 12.8 Å². The van der Waals surface area contributed by atoms with Crippen molar-refractivity contribution >= 4 is 0 Å². The first-order chi connectivity index (χ1) is 8.66. The Kier molecular flexibility index (Phi) is 4.95. The molecule has 3 nitrogen and oxygen atoms in total. The second-order valence-electron chi connectivity index (χ2n) is 6.07. The summed E-state index contributed by atoms with van der Waals surface area (Å²) in [5, 5.41) is 10.9. The van der Waals surface area contributed by atoms with Crippen molar-refractivity contribution in [3.63, 3.8) is 0 Å². The van der Waals surface area contributed by atoms with Crippen molar-refractivity contribution in [3.05, 3.63) is 10.1 Å². The number of alkyl halides is 1. The molecular weight excluding hydrogens is 233 g/mol. The van der Waals surface area contributed by atoms with Gasteiger partial charge in [-0.25, -0.2) is 4.39 Å². The van der Waals surface area contributed by atoms with Crippen molar-refractivity contribution in [1.82, 2.24) is 0 Å².